The molecule has 0 aliphatic carbocycles. The largest absolute Gasteiger partial charge is 0.341 e. The third-order valence-electron chi connectivity index (χ3n) is 6.99. The zero-order valence-electron chi connectivity index (χ0n) is 21.9. The van der Waals surface area contributed by atoms with E-state index in [-0.39, 0.29) is 5.91 Å². The standard InChI is InChI=1S/C33H35NOP2/c1-33(2,3)32(35)34-24-30(36(26-16-8-4-9-17-26)27-18-10-5-11-19-27)31(25-34)37(28-20-12-6-13-21-28)29-22-14-7-15-23-29/h4-23,30-31H,24-25H2,1-3H3/t30-,31-/m1/s1. The van der Waals surface area contributed by atoms with Crippen LogP contribution in [-0.2, 0) is 4.79 Å². The van der Waals surface area contributed by atoms with Crippen molar-refractivity contribution in [2.24, 2.45) is 5.41 Å². The summed E-state index contributed by atoms with van der Waals surface area (Å²) >= 11 is 0. The van der Waals surface area contributed by atoms with E-state index in [9.17, 15) is 4.79 Å². The van der Waals surface area contributed by atoms with Crippen molar-refractivity contribution in [1.29, 1.82) is 0 Å². The quantitative estimate of drug-likeness (QED) is 0.289. The predicted molar refractivity (Wildman–Crippen MR) is 162 cm³/mol. The maximum atomic E-state index is 13.7. The molecule has 2 atom stereocenters. The molecule has 0 N–H and O–H groups in total. The summed E-state index contributed by atoms with van der Waals surface area (Å²) in [4.78, 5) is 15.9. The van der Waals surface area contributed by atoms with Crippen LogP contribution in [0, 0.1) is 5.41 Å². The van der Waals surface area contributed by atoms with Crippen LogP contribution in [0.15, 0.2) is 121 Å². The van der Waals surface area contributed by atoms with Gasteiger partial charge in [0.25, 0.3) is 0 Å². The third-order valence-corrected chi connectivity index (χ3v) is 13.0. The van der Waals surface area contributed by atoms with Crippen molar-refractivity contribution in [3.05, 3.63) is 121 Å². The summed E-state index contributed by atoms with van der Waals surface area (Å²) < 4.78 is 0. The summed E-state index contributed by atoms with van der Waals surface area (Å²) in [6, 6.07) is 44.0. The first kappa shape index (κ1) is 25.8. The predicted octanol–water partition coefficient (Wildman–Crippen LogP) is 5.88. The summed E-state index contributed by atoms with van der Waals surface area (Å²) in [7, 11) is -1.34. The molecule has 0 radical (unpaired) electrons. The summed E-state index contributed by atoms with van der Waals surface area (Å²) in [5, 5.41) is 5.55. The molecule has 1 aliphatic rings. The first-order valence-corrected chi connectivity index (χ1v) is 15.8. The number of hydrogen-bond donors (Lipinski definition) is 0. The van der Waals surface area contributed by atoms with Gasteiger partial charge in [0.05, 0.1) is 0 Å². The Labute approximate surface area is 224 Å². The van der Waals surface area contributed by atoms with Crippen molar-refractivity contribution in [1.82, 2.24) is 4.90 Å². The SMILES string of the molecule is CC(C)(C)C(=O)N1C[C@@H](P(c2ccccc2)c2ccccc2)[C@H](P(c2ccccc2)c2ccccc2)C1. The number of carbonyl (C=O) groups excluding carboxylic acids is 1. The number of rotatable bonds is 6. The van der Waals surface area contributed by atoms with Crippen LogP contribution in [0.5, 0.6) is 0 Å². The van der Waals surface area contributed by atoms with Crippen molar-refractivity contribution in [3.8, 4) is 0 Å². The zero-order valence-corrected chi connectivity index (χ0v) is 23.7. The van der Waals surface area contributed by atoms with Gasteiger partial charge in [-0.15, -0.1) is 0 Å². The Bertz CT molecular complexity index is 1120. The lowest BCUT2D eigenvalue weighted by Crippen LogP contribution is -2.38. The molecule has 0 bridgehead atoms. The zero-order chi connectivity index (χ0) is 25.8. The normalized spacial score (nSPS) is 17.9. The van der Waals surface area contributed by atoms with Gasteiger partial charge in [-0.3, -0.25) is 4.79 Å². The van der Waals surface area contributed by atoms with Crippen LogP contribution in [0.2, 0.25) is 0 Å². The number of nitrogens with zero attached hydrogens (tertiary/aromatic N) is 1. The van der Waals surface area contributed by atoms with Gasteiger partial charge in [0.15, 0.2) is 0 Å². The van der Waals surface area contributed by atoms with Gasteiger partial charge in [-0.1, -0.05) is 142 Å². The highest BCUT2D eigenvalue weighted by molar-refractivity contribution is 7.77. The summed E-state index contributed by atoms with van der Waals surface area (Å²) in [6.07, 6.45) is 0. The van der Waals surface area contributed by atoms with Crippen molar-refractivity contribution in [3.63, 3.8) is 0 Å². The van der Waals surface area contributed by atoms with Crippen LogP contribution < -0.4 is 21.2 Å². The highest BCUT2D eigenvalue weighted by Gasteiger charge is 2.46. The molecule has 1 fully saturated rings. The smallest absolute Gasteiger partial charge is 0.227 e. The van der Waals surface area contributed by atoms with Crippen LogP contribution in [0.1, 0.15) is 20.8 Å². The van der Waals surface area contributed by atoms with Crippen molar-refractivity contribution in [2.45, 2.75) is 32.1 Å². The van der Waals surface area contributed by atoms with Crippen molar-refractivity contribution >= 4 is 43.0 Å². The van der Waals surface area contributed by atoms with Gasteiger partial charge in [-0.05, 0) is 37.1 Å². The Morgan fingerprint density at radius 2 is 0.838 bits per heavy atom. The van der Waals surface area contributed by atoms with Gasteiger partial charge in [0.1, 0.15) is 0 Å². The number of carbonyl (C=O) groups is 1. The second-order valence-electron chi connectivity index (χ2n) is 10.7. The second kappa shape index (κ2) is 11.3. The Morgan fingerprint density at radius 1 is 0.568 bits per heavy atom. The van der Waals surface area contributed by atoms with E-state index in [2.05, 4.69) is 126 Å². The number of benzene rings is 4. The van der Waals surface area contributed by atoms with Crippen LogP contribution >= 0.6 is 15.8 Å². The van der Waals surface area contributed by atoms with Gasteiger partial charge < -0.3 is 4.90 Å². The molecule has 0 aromatic heterocycles. The fraction of sp³-hybridized carbons (Fsp3) is 0.242. The van der Waals surface area contributed by atoms with E-state index in [1.165, 1.54) is 21.2 Å². The van der Waals surface area contributed by atoms with Gasteiger partial charge in [-0.25, -0.2) is 0 Å². The molecule has 1 amide bonds. The van der Waals surface area contributed by atoms with Gasteiger partial charge in [-0.2, -0.15) is 0 Å². The number of amides is 1. The molecule has 4 heteroatoms. The van der Waals surface area contributed by atoms with E-state index >= 15 is 0 Å². The van der Waals surface area contributed by atoms with E-state index in [1.807, 2.05) is 20.8 Å². The maximum Gasteiger partial charge on any atom is 0.227 e. The van der Waals surface area contributed by atoms with Crippen molar-refractivity contribution < 1.29 is 4.79 Å². The number of likely N-dealkylation sites (tertiary alicyclic amines) is 1. The summed E-state index contributed by atoms with van der Waals surface area (Å²) in [5.41, 5.74) is 0.319. The first-order chi connectivity index (χ1) is 17.9. The van der Waals surface area contributed by atoms with Crippen LogP contribution in [0.3, 0.4) is 0 Å². The van der Waals surface area contributed by atoms with Gasteiger partial charge in [0.2, 0.25) is 5.91 Å². The van der Waals surface area contributed by atoms with E-state index in [4.69, 9.17) is 0 Å². The lowest BCUT2D eigenvalue weighted by atomic mass is 9.95. The second-order valence-corrected chi connectivity index (χ2v) is 15.5. The molecule has 2 nitrogen and oxygen atoms in total. The minimum absolute atomic E-state index is 0.257. The van der Waals surface area contributed by atoms with Crippen molar-refractivity contribution in [2.75, 3.05) is 13.1 Å². The van der Waals surface area contributed by atoms with Gasteiger partial charge >= 0.3 is 0 Å². The summed E-state index contributed by atoms with van der Waals surface area (Å²) in [5.74, 6) is 0.257. The molecule has 1 aliphatic heterocycles. The molecule has 0 spiro atoms. The van der Waals surface area contributed by atoms with E-state index in [1.54, 1.807) is 0 Å². The Hall–Kier alpha value is -2.79. The highest BCUT2D eigenvalue weighted by Crippen LogP contribution is 2.54. The molecule has 5 rings (SSSR count). The molecule has 188 valence electrons. The van der Waals surface area contributed by atoms with Crippen LogP contribution in [-0.4, -0.2) is 35.2 Å². The minimum atomic E-state index is -0.669. The minimum Gasteiger partial charge on any atom is -0.341 e. The fourth-order valence-corrected chi connectivity index (χ4v) is 11.8. The highest BCUT2D eigenvalue weighted by atomic mass is 31.1. The molecule has 0 unspecified atom stereocenters. The molecule has 4 aromatic rings. The molecule has 37 heavy (non-hydrogen) atoms. The molecule has 1 heterocycles. The first-order valence-electron chi connectivity index (χ1n) is 13.0. The Balaban J connectivity index is 1.67. The van der Waals surface area contributed by atoms with E-state index in [0.29, 0.717) is 11.3 Å². The molecule has 4 aromatic carbocycles. The monoisotopic (exact) mass is 523 g/mol. The van der Waals surface area contributed by atoms with E-state index in [0.717, 1.165) is 13.1 Å². The average molecular weight is 524 g/mol. The summed E-state index contributed by atoms with van der Waals surface area (Å²) in [6.45, 7) is 7.74. The molecular weight excluding hydrogens is 488 g/mol. The average Bonchev–Trinajstić information content (AvgIpc) is 3.34. The fourth-order valence-electron chi connectivity index (χ4n) is 5.34. The van der Waals surface area contributed by atoms with Gasteiger partial charge in [0, 0.05) is 29.8 Å². The van der Waals surface area contributed by atoms with Crippen LogP contribution in [0.4, 0.5) is 0 Å². The molecular formula is C33H35NOP2. The van der Waals surface area contributed by atoms with Crippen LogP contribution in [0.25, 0.3) is 0 Å². The van der Waals surface area contributed by atoms with E-state index < -0.39 is 21.3 Å². The maximum absolute atomic E-state index is 13.7. The molecule has 0 saturated carbocycles. The Morgan fingerprint density at radius 3 is 1.08 bits per heavy atom. The Kier molecular flexibility index (Phi) is 7.89. The molecule has 1 saturated heterocycles. The lowest BCUT2D eigenvalue weighted by molar-refractivity contribution is -0.138. The topological polar surface area (TPSA) is 20.3 Å². The third kappa shape index (κ3) is 5.72. The lowest BCUT2D eigenvalue weighted by Gasteiger charge is -2.34. The number of hydrogen-bond acceptors (Lipinski definition) is 1.